The van der Waals surface area contributed by atoms with Crippen molar-refractivity contribution in [2.45, 2.75) is 32.4 Å². The van der Waals surface area contributed by atoms with Gasteiger partial charge in [0.15, 0.2) is 0 Å². The molecule has 28 heavy (non-hydrogen) atoms. The molecular weight excluding hydrogens is 356 g/mol. The number of oxime groups is 1. The van der Waals surface area contributed by atoms with Crippen LogP contribution in [0.25, 0.3) is 0 Å². The fourth-order valence-electron chi connectivity index (χ4n) is 2.94. The molecule has 7 nitrogen and oxygen atoms in total. The first-order chi connectivity index (χ1) is 13.7. The fraction of sp³-hybridized carbons (Fsp3) is 0.238. The number of imidazole rings is 1. The Balaban J connectivity index is 1.56. The number of hydrogen-bond donors (Lipinski definition) is 0. The van der Waals surface area contributed by atoms with Crippen molar-refractivity contribution in [3.63, 3.8) is 0 Å². The maximum Gasteiger partial charge on any atom is 0.269 e. The molecule has 0 amide bonds. The van der Waals surface area contributed by atoms with Crippen molar-refractivity contribution in [3.8, 4) is 0 Å². The third-order valence-corrected chi connectivity index (χ3v) is 4.42. The first kappa shape index (κ1) is 19.3. The van der Waals surface area contributed by atoms with Gasteiger partial charge in [-0.25, -0.2) is 4.98 Å². The van der Waals surface area contributed by atoms with Crippen molar-refractivity contribution in [2.24, 2.45) is 5.16 Å². The Morgan fingerprint density at radius 1 is 1.21 bits per heavy atom. The zero-order valence-electron chi connectivity index (χ0n) is 15.6. The predicted octanol–water partition coefficient (Wildman–Crippen LogP) is 4.73. The summed E-state index contributed by atoms with van der Waals surface area (Å²) in [5.74, 6) is 0. The van der Waals surface area contributed by atoms with Gasteiger partial charge in [0.25, 0.3) is 5.69 Å². The molecule has 2 aromatic carbocycles. The van der Waals surface area contributed by atoms with Crippen LogP contribution < -0.4 is 0 Å². The predicted molar refractivity (Wildman–Crippen MR) is 107 cm³/mol. The first-order valence-corrected chi connectivity index (χ1v) is 9.13. The molecule has 0 bridgehead atoms. The summed E-state index contributed by atoms with van der Waals surface area (Å²) in [6.07, 6.45) is 9.42. The SMILES string of the molecule is CCCC(c1ccc(C=NOCc2ccc([N+](=O)[O-])cc2)cc1)n1ccnc1. The third kappa shape index (κ3) is 5.03. The summed E-state index contributed by atoms with van der Waals surface area (Å²) < 4.78 is 2.12. The standard InChI is InChI=1S/C21H22N4O3/c1-2-3-21(24-13-12-22-16-24)19-8-4-17(5-9-19)14-23-28-15-18-6-10-20(11-7-18)25(26)27/h4-14,16,21H,2-3,15H2,1H3. The molecule has 1 atom stereocenters. The number of aromatic nitrogens is 2. The normalized spacial score (nSPS) is 12.2. The first-order valence-electron chi connectivity index (χ1n) is 9.13. The Bertz CT molecular complexity index is 904. The van der Waals surface area contributed by atoms with Gasteiger partial charge in [-0.05, 0) is 35.2 Å². The Labute approximate surface area is 163 Å². The van der Waals surface area contributed by atoms with E-state index in [1.165, 1.54) is 17.7 Å². The van der Waals surface area contributed by atoms with Crippen molar-refractivity contribution in [2.75, 3.05) is 0 Å². The summed E-state index contributed by atoms with van der Waals surface area (Å²) in [5.41, 5.74) is 3.04. The summed E-state index contributed by atoms with van der Waals surface area (Å²) in [5, 5.41) is 14.6. The Kier molecular flexibility index (Phi) is 6.51. The molecule has 0 fully saturated rings. The lowest BCUT2D eigenvalue weighted by Crippen LogP contribution is -2.08. The largest absolute Gasteiger partial charge is 0.391 e. The van der Waals surface area contributed by atoms with Gasteiger partial charge in [0, 0.05) is 24.5 Å². The monoisotopic (exact) mass is 378 g/mol. The van der Waals surface area contributed by atoms with Gasteiger partial charge in [-0.1, -0.05) is 42.8 Å². The van der Waals surface area contributed by atoms with E-state index in [1.54, 1.807) is 24.5 Å². The van der Waals surface area contributed by atoms with E-state index in [0.29, 0.717) is 0 Å². The van der Waals surface area contributed by atoms with Gasteiger partial charge in [-0.3, -0.25) is 10.1 Å². The van der Waals surface area contributed by atoms with Crippen LogP contribution in [0.15, 0.2) is 72.4 Å². The highest BCUT2D eigenvalue weighted by molar-refractivity contribution is 5.79. The van der Waals surface area contributed by atoms with Crippen molar-refractivity contribution in [1.82, 2.24) is 9.55 Å². The van der Waals surface area contributed by atoms with Crippen molar-refractivity contribution >= 4 is 11.9 Å². The number of nitro groups is 1. The van der Waals surface area contributed by atoms with Crippen molar-refractivity contribution in [1.29, 1.82) is 0 Å². The van der Waals surface area contributed by atoms with Crippen molar-refractivity contribution < 1.29 is 9.76 Å². The summed E-state index contributed by atoms with van der Waals surface area (Å²) in [6, 6.07) is 14.7. The average Bonchev–Trinajstić information content (AvgIpc) is 3.25. The fourth-order valence-corrected chi connectivity index (χ4v) is 2.94. The molecule has 1 unspecified atom stereocenters. The molecule has 3 aromatic rings. The summed E-state index contributed by atoms with van der Waals surface area (Å²) >= 11 is 0. The topological polar surface area (TPSA) is 82.5 Å². The minimum atomic E-state index is -0.426. The van der Waals surface area contributed by atoms with Crippen LogP contribution in [-0.4, -0.2) is 20.7 Å². The summed E-state index contributed by atoms with van der Waals surface area (Å²) in [7, 11) is 0. The highest BCUT2D eigenvalue weighted by atomic mass is 16.6. The smallest absolute Gasteiger partial charge is 0.269 e. The van der Waals surface area contributed by atoms with Crippen LogP contribution in [0.1, 0.15) is 42.5 Å². The van der Waals surface area contributed by atoms with E-state index in [2.05, 4.69) is 33.8 Å². The number of benzene rings is 2. The van der Waals surface area contributed by atoms with Gasteiger partial charge in [0.1, 0.15) is 6.61 Å². The van der Waals surface area contributed by atoms with E-state index in [-0.39, 0.29) is 18.3 Å². The Morgan fingerprint density at radius 3 is 2.57 bits per heavy atom. The molecule has 144 valence electrons. The molecular formula is C21H22N4O3. The van der Waals surface area contributed by atoms with E-state index in [4.69, 9.17) is 4.84 Å². The van der Waals surface area contributed by atoms with Crippen LogP contribution in [0.4, 0.5) is 5.69 Å². The van der Waals surface area contributed by atoms with Gasteiger partial charge in [-0.15, -0.1) is 0 Å². The van der Waals surface area contributed by atoms with Crippen LogP contribution in [0, 0.1) is 10.1 Å². The zero-order valence-corrected chi connectivity index (χ0v) is 15.6. The summed E-state index contributed by atoms with van der Waals surface area (Å²) in [4.78, 5) is 19.7. The lowest BCUT2D eigenvalue weighted by Gasteiger charge is -2.18. The number of rotatable bonds is 9. The highest BCUT2D eigenvalue weighted by Crippen LogP contribution is 2.23. The van der Waals surface area contributed by atoms with Gasteiger partial charge in [-0.2, -0.15) is 0 Å². The minimum absolute atomic E-state index is 0.0596. The quantitative estimate of drug-likeness (QED) is 0.306. The molecule has 0 spiro atoms. The average molecular weight is 378 g/mol. The third-order valence-electron chi connectivity index (χ3n) is 4.42. The molecule has 0 saturated carbocycles. The van der Waals surface area contributed by atoms with E-state index in [0.717, 1.165) is 24.0 Å². The minimum Gasteiger partial charge on any atom is -0.391 e. The van der Waals surface area contributed by atoms with Crippen LogP contribution in [0.2, 0.25) is 0 Å². The van der Waals surface area contributed by atoms with E-state index < -0.39 is 4.92 Å². The Morgan fingerprint density at radius 2 is 1.96 bits per heavy atom. The molecule has 3 rings (SSSR count). The van der Waals surface area contributed by atoms with Gasteiger partial charge < -0.3 is 9.40 Å². The molecule has 0 N–H and O–H groups in total. The molecule has 0 radical (unpaired) electrons. The van der Waals surface area contributed by atoms with Crippen LogP contribution in [-0.2, 0) is 11.4 Å². The molecule has 0 aliphatic heterocycles. The second-order valence-corrected chi connectivity index (χ2v) is 6.41. The highest BCUT2D eigenvalue weighted by Gasteiger charge is 2.11. The number of non-ortho nitro benzene ring substituents is 1. The molecule has 0 saturated heterocycles. The van der Waals surface area contributed by atoms with Gasteiger partial charge in [0.2, 0.25) is 0 Å². The van der Waals surface area contributed by atoms with Crippen LogP contribution in [0.5, 0.6) is 0 Å². The van der Waals surface area contributed by atoms with E-state index in [1.807, 2.05) is 24.7 Å². The maximum absolute atomic E-state index is 10.6. The number of nitrogens with zero attached hydrogens (tertiary/aromatic N) is 4. The zero-order chi connectivity index (χ0) is 19.8. The molecule has 7 heteroatoms. The molecule has 0 aliphatic carbocycles. The lowest BCUT2D eigenvalue weighted by molar-refractivity contribution is -0.384. The molecule has 0 aliphatic rings. The lowest BCUT2D eigenvalue weighted by atomic mass is 10.0. The van der Waals surface area contributed by atoms with E-state index >= 15 is 0 Å². The summed E-state index contributed by atoms with van der Waals surface area (Å²) in [6.45, 7) is 2.43. The van der Waals surface area contributed by atoms with Gasteiger partial charge >= 0.3 is 0 Å². The maximum atomic E-state index is 10.6. The van der Waals surface area contributed by atoms with Gasteiger partial charge in [0.05, 0.1) is 23.5 Å². The molecule has 1 aromatic heterocycles. The van der Waals surface area contributed by atoms with Crippen molar-refractivity contribution in [3.05, 3.63) is 94.1 Å². The Hall–Kier alpha value is -3.48. The van der Waals surface area contributed by atoms with Crippen LogP contribution >= 0.6 is 0 Å². The van der Waals surface area contributed by atoms with E-state index in [9.17, 15) is 10.1 Å². The molecule has 1 heterocycles. The van der Waals surface area contributed by atoms with Crippen LogP contribution in [0.3, 0.4) is 0 Å². The number of hydrogen-bond acceptors (Lipinski definition) is 5. The number of nitro benzene ring substituents is 1. The second kappa shape index (κ2) is 9.45. The second-order valence-electron chi connectivity index (χ2n) is 6.41.